The van der Waals surface area contributed by atoms with Crippen LogP contribution in [0, 0.1) is 5.82 Å². The lowest BCUT2D eigenvalue weighted by atomic mass is 10.1. The molecule has 1 saturated heterocycles. The van der Waals surface area contributed by atoms with Crippen molar-refractivity contribution in [1.82, 2.24) is 10.2 Å². The van der Waals surface area contributed by atoms with Crippen molar-refractivity contribution in [3.05, 3.63) is 78.1 Å². The lowest BCUT2D eigenvalue weighted by Gasteiger charge is -2.20. The molecule has 0 unspecified atom stereocenters. The molecular formula is C25H25FN4O. The van der Waals surface area contributed by atoms with Crippen molar-refractivity contribution in [3.8, 4) is 11.3 Å². The Morgan fingerprint density at radius 3 is 2.42 bits per heavy atom. The molecular weight excluding hydrogens is 391 g/mol. The van der Waals surface area contributed by atoms with Gasteiger partial charge in [0.15, 0.2) is 5.82 Å². The van der Waals surface area contributed by atoms with Gasteiger partial charge in [-0.2, -0.15) is 0 Å². The number of rotatable bonds is 5. The second-order valence-electron chi connectivity index (χ2n) is 7.63. The van der Waals surface area contributed by atoms with Gasteiger partial charge in [-0.05, 0) is 60.9 Å². The molecule has 0 radical (unpaired) electrons. The first-order chi connectivity index (χ1) is 15.2. The van der Waals surface area contributed by atoms with Crippen molar-refractivity contribution in [2.24, 2.45) is 0 Å². The van der Waals surface area contributed by atoms with E-state index in [9.17, 15) is 9.18 Å². The molecule has 31 heavy (non-hydrogen) atoms. The van der Waals surface area contributed by atoms with Gasteiger partial charge < -0.3 is 10.2 Å². The number of benzene rings is 2. The Hall–Kier alpha value is -3.54. The summed E-state index contributed by atoms with van der Waals surface area (Å²) in [4.78, 5) is 14.5. The van der Waals surface area contributed by atoms with Crippen LogP contribution in [0.25, 0.3) is 17.3 Å². The van der Waals surface area contributed by atoms with Gasteiger partial charge in [-0.15, -0.1) is 10.2 Å². The van der Waals surface area contributed by atoms with Crippen LogP contribution in [0.1, 0.15) is 31.2 Å². The molecule has 1 aliphatic rings. The van der Waals surface area contributed by atoms with Gasteiger partial charge in [-0.25, -0.2) is 4.39 Å². The van der Waals surface area contributed by atoms with Crippen LogP contribution in [0.3, 0.4) is 0 Å². The third kappa shape index (κ3) is 5.75. The molecule has 1 N–H and O–H groups in total. The average Bonchev–Trinajstić information content (AvgIpc) is 3.09. The summed E-state index contributed by atoms with van der Waals surface area (Å²) in [6.45, 7) is 2.06. The minimum Gasteiger partial charge on any atom is -0.355 e. The van der Waals surface area contributed by atoms with Gasteiger partial charge in [-0.1, -0.05) is 37.1 Å². The van der Waals surface area contributed by atoms with Gasteiger partial charge in [0.1, 0.15) is 5.82 Å². The highest BCUT2D eigenvalue weighted by Crippen LogP contribution is 2.23. The number of carbonyl (C=O) groups excluding carboxylic acids is 1. The Kier molecular flexibility index (Phi) is 6.67. The van der Waals surface area contributed by atoms with Crippen LogP contribution < -0.4 is 10.2 Å². The molecule has 0 saturated carbocycles. The van der Waals surface area contributed by atoms with Crippen LogP contribution in [-0.4, -0.2) is 29.2 Å². The number of carbonyl (C=O) groups is 1. The monoisotopic (exact) mass is 416 g/mol. The summed E-state index contributed by atoms with van der Waals surface area (Å²) in [7, 11) is 0. The molecule has 2 heterocycles. The van der Waals surface area contributed by atoms with Gasteiger partial charge in [0, 0.05) is 30.4 Å². The van der Waals surface area contributed by atoms with E-state index in [0.29, 0.717) is 5.69 Å². The first kappa shape index (κ1) is 20.7. The molecule has 1 fully saturated rings. The summed E-state index contributed by atoms with van der Waals surface area (Å²) in [6, 6.07) is 17.5. The molecule has 1 amide bonds. The lowest BCUT2D eigenvalue weighted by molar-refractivity contribution is -0.111. The fourth-order valence-electron chi connectivity index (χ4n) is 3.63. The maximum atomic E-state index is 13.0. The highest BCUT2D eigenvalue weighted by Gasteiger charge is 2.12. The molecule has 0 spiro atoms. The summed E-state index contributed by atoms with van der Waals surface area (Å²) in [6.07, 6.45) is 8.02. The molecule has 1 aliphatic heterocycles. The van der Waals surface area contributed by atoms with Gasteiger partial charge in [0.25, 0.3) is 0 Å². The maximum Gasteiger partial charge on any atom is 0.248 e. The molecule has 158 valence electrons. The van der Waals surface area contributed by atoms with Crippen molar-refractivity contribution >= 4 is 23.5 Å². The van der Waals surface area contributed by atoms with Crippen LogP contribution in [0.15, 0.2) is 66.7 Å². The molecule has 4 rings (SSSR count). The number of halogens is 1. The summed E-state index contributed by atoms with van der Waals surface area (Å²) >= 11 is 0. The van der Waals surface area contributed by atoms with Crippen molar-refractivity contribution in [1.29, 1.82) is 0 Å². The van der Waals surface area contributed by atoms with Crippen LogP contribution in [0.2, 0.25) is 0 Å². The molecule has 5 nitrogen and oxygen atoms in total. The van der Waals surface area contributed by atoms with E-state index in [-0.39, 0.29) is 11.7 Å². The minimum atomic E-state index is -0.305. The van der Waals surface area contributed by atoms with Gasteiger partial charge in [0.2, 0.25) is 5.91 Å². The first-order valence-corrected chi connectivity index (χ1v) is 10.6. The zero-order valence-electron chi connectivity index (χ0n) is 17.3. The van der Waals surface area contributed by atoms with Gasteiger partial charge in [0.05, 0.1) is 5.69 Å². The van der Waals surface area contributed by atoms with Gasteiger partial charge in [-0.3, -0.25) is 4.79 Å². The van der Waals surface area contributed by atoms with Gasteiger partial charge >= 0.3 is 0 Å². The van der Waals surface area contributed by atoms with E-state index in [4.69, 9.17) is 0 Å². The Morgan fingerprint density at radius 2 is 1.71 bits per heavy atom. The number of aromatic nitrogens is 2. The molecule has 6 heteroatoms. The number of hydrogen-bond acceptors (Lipinski definition) is 4. The van der Waals surface area contributed by atoms with E-state index in [1.165, 1.54) is 43.9 Å². The van der Waals surface area contributed by atoms with E-state index in [2.05, 4.69) is 20.4 Å². The molecule has 2 aromatic carbocycles. The van der Waals surface area contributed by atoms with Crippen molar-refractivity contribution in [3.63, 3.8) is 0 Å². The standard InChI is InChI=1S/C25H25FN4O/c26-21-11-8-19(9-12-21)10-15-25(31)27-22-7-5-6-20(18-22)23-13-14-24(29-28-23)30-16-3-1-2-4-17-30/h5-15,18H,1-4,16-17H2,(H,27,31)/b15-10+. The summed E-state index contributed by atoms with van der Waals surface area (Å²) < 4.78 is 13.0. The number of nitrogens with zero attached hydrogens (tertiary/aromatic N) is 3. The maximum absolute atomic E-state index is 13.0. The zero-order chi connectivity index (χ0) is 21.5. The van der Waals surface area contributed by atoms with Crippen LogP contribution in [0.5, 0.6) is 0 Å². The largest absolute Gasteiger partial charge is 0.355 e. The number of nitrogens with one attached hydrogen (secondary N) is 1. The second-order valence-corrected chi connectivity index (χ2v) is 7.63. The third-order valence-corrected chi connectivity index (χ3v) is 5.30. The fraction of sp³-hybridized carbons (Fsp3) is 0.240. The molecule has 0 aliphatic carbocycles. The van der Waals surface area contributed by atoms with E-state index in [0.717, 1.165) is 35.7 Å². The van der Waals surface area contributed by atoms with E-state index < -0.39 is 0 Å². The van der Waals surface area contributed by atoms with Crippen molar-refractivity contribution < 1.29 is 9.18 Å². The molecule has 1 aromatic heterocycles. The van der Waals surface area contributed by atoms with Crippen molar-refractivity contribution in [2.45, 2.75) is 25.7 Å². The van der Waals surface area contributed by atoms with Crippen molar-refractivity contribution in [2.75, 3.05) is 23.3 Å². The SMILES string of the molecule is O=C(/C=C/c1ccc(F)cc1)Nc1cccc(-c2ccc(N3CCCCCC3)nn2)c1. The van der Waals surface area contributed by atoms with Crippen LogP contribution in [-0.2, 0) is 4.79 Å². The topological polar surface area (TPSA) is 58.1 Å². The van der Waals surface area contributed by atoms with Crippen LogP contribution in [0.4, 0.5) is 15.9 Å². The number of hydrogen-bond donors (Lipinski definition) is 1. The molecule has 0 atom stereocenters. The predicted octanol–water partition coefficient (Wildman–Crippen LogP) is 5.32. The Morgan fingerprint density at radius 1 is 0.935 bits per heavy atom. The Labute approximate surface area is 181 Å². The first-order valence-electron chi connectivity index (χ1n) is 10.6. The number of anilines is 2. The predicted molar refractivity (Wildman–Crippen MR) is 122 cm³/mol. The lowest BCUT2D eigenvalue weighted by Crippen LogP contribution is -2.25. The smallest absolute Gasteiger partial charge is 0.248 e. The van der Waals surface area contributed by atoms with E-state index >= 15 is 0 Å². The highest BCUT2D eigenvalue weighted by molar-refractivity contribution is 6.02. The second kappa shape index (κ2) is 9.98. The average molecular weight is 417 g/mol. The molecule has 3 aromatic rings. The fourth-order valence-corrected chi connectivity index (χ4v) is 3.63. The summed E-state index contributed by atoms with van der Waals surface area (Å²) in [5, 5.41) is 11.7. The Balaban J connectivity index is 1.41. The van der Waals surface area contributed by atoms with E-state index in [1.54, 1.807) is 18.2 Å². The summed E-state index contributed by atoms with van der Waals surface area (Å²) in [5.41, 5.74) is 3.07. The Bertz CT molecular complexity index is 1040. The van der Waals surface area contributed by atoms with Crippen LogP contribution >= 0.6 is 0 Å². The number of amides is 1. The normalized spacial score (nSPS) is 14.4. The highest BCUT2D eigenvalue weighted by atomic mass is 19.1. The zero-order valence-corrected chi connectivity index (χ0v) is 17.3. The quantitative estimate of drug-likeness (QED) is 0.572. The minimum absolute atomic E-state index is 0.260. The third-order valence-electron chi connectivity index (χ3n) is 5.30. The molecule has 0 bridgehead atoms. The van der Waals surface area contributed by atoms with E-state index in [1.807, 2.05) is 36.4 Å². The summed E-state index contributed by atoms with van der Waals surface area (Å²) in [5.74, 6) is 0.353.